The number of nitrogens with one attached hydrogen (secondary N) is 2. The first kappa shape index (κ1) is 55.6. The quantitative estimate of drug-likeness (QED) is 0.0557. The number of amides is 2. The van der Waals surface area contributed by atoms with Crippen molar-refractivity contribution in [2.45, 2.75) is 163 Å². The Morgan fingerprint density at radius 2 is 0.783 bits per heavy atom. The fraction of sp³-hybridized carbons (Fsp3) is 0.674. The van der Waals surface area contributed by atoms with Gasteiger partial charge in [-0.3, -0.25) is 9.59 Å². The summed E-state index contributed by atoms with van der Waals surface area (Å²) in [6.07, 6.45) is -25.9. The summed E-state index contributed by atoms with van der Waals surface area (Å²) in [5, 5.41) is 149. The predicted molar refractivity (Wildman–Crippen MR) is 238 cm³/mol. The summed E-state index contributed by atoms with van der Waals surface area (Å²) < 4.78 is 33.5. The van der Waals surface area contributed by atoms with Crippen LogP contribution >= 0.6 is 23.5 Å². The van der Waals surface area contributed by atoms with Gasteiger partial charge in [0.25, 0.3) is 0 Å². The molecule has 6 rings (SSSR count). The van der Waals surface area contributed by atoms with E-state index in [1.54, 1.807) is 48.5 Å². The maximum absolute atomic E-state index is 12.7. The van der Waals surface area contributed by atoms with E-state index in [1.807, 2.05) is 0 Å². The van der Waals surface area contributed by atoms with Gasteiger partial charge in [-0.1, -0.05) is 29.9 Å². The zero-order valence-electron chi connectivity index (χ0n) is 36.9. The van der Waals surface area contributed by atoms with Crippen molar-refractivity contribution in [2.24, 2.45) is 0 Å². The first-order chi connectivity index (χ1) is 33.0. The Morgan fingerprint density at radius 3 is 1.12 bits per heavy atom. The Balaban J connectivity index is 0.872. The number of anilines is 2. The smallest absolute Gasteiger partial charge is 0.224 e. The molecule has 0 unspecified atom stereocenters. The molecule has 2 amide bonds. The highest BCUT2D eigenvalue weighted by atomic mass is 32.2. The van der Waals surface area contributed by atoms with E-state index in [0.717, 1.165) is 23.5 Å². The molecule has 0 radical (unpaired) electrons. The monoisotopic (exact) mass is 1020 g/mol. The van der Waals surface area contributed by atoms with Gasteiger partial charge >= 0.3 is 0 Å². The van der Waals surface area contributed by atoms with Crippen molar-refractivity contribution in [1.29, 1.82) is 0 Å². The van der Waals surface area contributed by atoms with Gasteiger partial charge in [-0.25, -0.2) is 0 Å². The molecule has 0 aromatic heterocycles. The fourth-order valence-electron chi connectivity index (χ4n) is 8.00. The normalized spacial score (nSPS) is 38.3. The molecule has 4 aliphatic heterocycles. The largest absolute Gasteiger partial charge is 0.394 e. The second-order valence-electron chi connectivity index (χ2n) is 17.0. The molecule has 0 aliphatic carbocycles. The van der Waals surface area contributed by atoms with Gasteiger partial charge in [-0.15, -0.1) is 0 Å². The first-order valence-electron chi connectivity index (χ1n) is 22.3. The molecule has 20 atom stereocenters. The average Bonchev–Trinajstić information content (AvgIpc) is 3.34. The van der Waals surface area contributed by atoms with E-state index in [0.29, 0.717) is 40.4 Å². The second-order valence-corrected chi connectivity index (χ2v) is 19.3. The summed E-state index contributed by atoms with van der Waals surface area (Å²) in [5.41, 5.74) is -1.20. The third-order valence-corrected chi connectivity index (χ3v) is 14.3. The van der Waals surface area contributed by atoms with Gasteiger partial charge in [0, 0.05) is 34.0 Å². The van der Waals surface area contributed by atoms with Crippen LogP contribution in [0.5, 0.6) is 0 Å². The maximum atomic E-state index is 12.7. The Hall–Kier alpha value is -2.72. The fourth-order valence-corrected chi connectivity index (χ4v) is 10.1. The van der Waals surface area contributed by atoms with E-state index < -0.39 is 148 Å². The van der Waals surface area contributed by atoms with Crippen molar-refractivity contribution < 1.29 is 110 Å². The third kappa shape index (κ3) is 13.9. The minimum Gasteiger partial charge on any atom is -0.394 e. The number of thioether (sulfide) groups is 2. The van der Waals surface area contributed by atoms with Gasteiger partial charge < -0.3 is 111 Å². The average molecular weight is 1020 g/mol. The van der Waals surface area contributed by atoms with Gasteiger partial charge in [0.2, 0.25) is 11.8 Å². The van der Waals surface area contributed by atoms with Crippen LogP contribution in [0.2, 0.25) is 0 Å². The standard InChI is InChI=1S/C43H62N2O22S2/c46-14-22-28(52)30(54)34(58)40(62-22)66-38-24(16-48)64-42(36(60)32(38)56)68-20-10-6-18(7-11-20)44-26(50)4-2-1-3-5-27(51)45-19-8-12-21(13-9-19)69-43-37(61)33(57)39(25(17-49)65-43)67-41-35(59)31(55)29(53)23(15-47)63-41/h6-13,22-25,28-43,46-49,52-61H,1-5,14-17H2,(H,44,50)(H,45,51)/t22-,23-,24-,25-,28-,29-,30+,31+,32-,33-,34-,35-,36-,37-,38-,39-,40-,41-,42+,43+/m1/s1. The summed E-state index contributed by atoms with van der Waals surface area (Å²) in [4.78, 5) is 26.5. The molecule has 388 valence electrons. The summed E-state index contributed by atoms with van der Waals surface area (Å²) in [6.45, 7) is -2.77. The van der Waals surface area contributed by atoms with E-state index in [4.69, 9.17) is 28.4 Å². The molecule has 16 N–H and O–H groups in total. The Bertz CT molecular complexity index is 1770. The number of carbonyl (C=O) groups is 2. The molecular weight excluding hydrogens is 961 g/mol. The van der Waals surface area contributed by atoms with Gasteiger partial charge in [-0.05, 0) is 61.4 Å². The van der Waals surface area contributed by atoms with Crippen molar-refractivity contribution in [2.75, 3.05) is 37.1 Å². The molecule has 2 aromatic carbocycles. The highest BCUT2D eigenvalue weighted by Gasteiger charge is 2.52. The van der Waals surface area contributed by atoms with E-state index in [9.17, 15) is 81.1 Å². The summed E-state index contributed by atoms with van der Waals surface area (Å²) >= 11 is 2.05. The number of aliphatic hydroxyl groups is 14. The van der Waals surface area contributed by atoms with Crippen molar-refractivity contribution in [3.05, 3.63) is 48.5 Å². The lowest BCUT2D eigenvalue weighted by molar-refractivity contribution is -0.338. The van der Waals surface area contributed by atoms with E-state index in [-0.39, 0.29) is 24.7 Å². The molecule has 4 fully saturated rings. The molecule has 69 heavy (non-hydrogen) atoms. The highest BCUT2D eigenvalue weighted by molar-refractivity contribution is 8.00. The van der Waals surface area contributed by atoms with Crippen LogP contribution in [-0.2, 0) is 38.0 Å². The lowest BCUT2D eigenvalue weighted by Gasteiger charge is -2.46. The molecule has 0 saturated carbocycles. The SMILES string of the molecule is O=C(CCCCCC(=O)Nc1ccc(S[C@@H]2O[C@H](CO)[C@@H](O[C@H]3O[C@H](CO)[C@@H](O)[C@H](O)[C@H]3O)[C@H](O)[C@H]2O)cc1)Nc1ccc(S[C@@H]2O[C@H](CO)[C@@H](O[C@H]3O[C@H](CO)[C@@H](O)[C@H](O)[C@H]3O)[C@H](O)[C@H]2O)cc1. The van der Waals surface area contributed by atoms with Gasteiger partial charge in [0.05, 0.1) is 26.4 Å². The van der Waals surface area contributed by atoms with Crippen LogP contribution in [0.4, 0.5) is 11.4 Å². The number of hydrogen-bond donors (Lipinski definition) is 16. The number of carbonyl (C=O) groups excluding carboxylic acids is 2. The minimum atomic E-state index is -1.78. The zero-order chi connectivity index (χ0) is 50.1. The number of benzene rings is 2. The van der Waals surface area contributed by atoms with Crippen LogP contribution in [0.15, 0.2) is 58.3 Å². The third-order valence-electron chi connectivity index (χ3n) is 12.0. The topological polar surface area (TPSA) is 397 Å². The number of hydrogen-bond acceptors (Lipinski definition) is 24. The van der Waals surface area contributed by atoms with Crippen molar-refractivity contribution in [1.82, 2.24) is 0 Å². The van der Waals surface area contributed by atoms with Gasteiger partial charge in [-0.2, -0.15) is 0 Å². The van der Waals surface area contributed by atoms with E-state index >= 15 is 0 Å². The predicted octanol–water partition coefficient (Wildman–Crippen LogP) is -4.35. The maximum Gasteiger partial charge on any atom is 0.224 e. The molecule has 26 heteroatoms. The number of aliphatic hydroxyl groups excluding tert-OH is 14. The molecular formula is C43H62N2O22S2. The summed E-state index contributed by atoms with van der Waals surface area (Å²) in [6, 6.07) is 13.1. The van der Waals surface area contributed by atoms with Crippen LogP contribution in [0.1, 0.15) is 32.1 Å². The Kier molecular flexibility index (Phi) is 20.8. The Labute approximate surface area is 403 Å². The first-order valence-corrected chi connectivity index (χ1v) is 24.0. The lowest BCUT2D eigenvalue weighted by atomic mass is 9.97. The van der Waals surface area contributed by atoms with Crippen molar-refractivity contribution >= 4 is 46.7 Å². The number of unbranched alkanes of at least 4 members (excludes halogenated alkanes) is 2. The van der Waals surface area contributed by atoms with Crippen LogP contribution in [0, 0.1) is 0 Å². The minimum absolute atomic E-state index is 0.188. The summed E-state index contributed by atoms with van der Waals surface area (Å²) in [7, 11) is 0. The molecule has 2 aromatic rings. The van der Waals surface area contributed by atoms with Crippen molar-refractivity contribution in [3.63, 3.8) is 0 Å². The van der Waals surface area contributed by atoms with E-state index in [1.165, 1.54) is 0 Å². The van der Waals surface area contributed by atoms with Crippen LogP contribution < -0.4 is 10.6 Å². The summed E-state index contributed by atoms with van der Waals surface area (Å²) in [5.74, 6) is -0.506. The molecule has 0 spiro atoms. The second kappa shape index (κ2) is 25.8. The highest BCUT2D eigenvalue weighted by Crippen LogP contribution is 2.38. The van der Waals surface area contributed by atoms with Crippen molar-refractivity contribution in [3.8, 4) is 0 Å². The lowest BCUT2D eigenvalue weighted by Crippen LogP contribution is -2.64. The Morgan fingerprint density at radius 1 is 0.435 bits per heavy atom. The van der Waals surface area contributed by atoms with Crippen LogP contribution in [-0.4, -0.2) is 231 Å². The van der Waals surface area contributed by atoms with Crippen LogP contribution in [0.3, 0.4) is 0 Å². The molecule has 4 heterocycles. The van der Waals surface area contributed by atoms with E-state index in [2.05, 4.69) is 10.6 Å². The molecule has 4 aliphatic rings. The number of rotatable bonds is 20. The molecule has 24 nitrogen and oxygen atoms in total. The van der Waals surface area contributed by atoms with Crippen LogP contribution in [0.25, 0.3) is 0 Å². The number of ether oxygens (including phenoxy) is 6. The zero-order valence-corrected chi connectivity index (χ0v) is 38.5. The van der Waals surface area contributed by atoms with Gasteiger partial charge in [0.1, 0.15) is 109 Å². The molecule has 0 bridgehead atoms. The van der Waals surface area contributed by atoms with Gasteiger partial charge in [0.15, 0.2) is 12.6 Å². The molecule has 4 saturated heterocycles.